The maximum Gasteiger partial charge on any atom is 0.336 e. The average molecular weight is 458 g/mol. The van der Waals surface area contributed by atoms with E-state index in [0.717, 1.165) is 5.56 Å². The predicted octanol–water partition coefficient (Wildman–Crippen LogP) is 5.52. The van der Waals surface area contributed by atoms with E-state index in [2.05, 4.69) is 5.32 Å². The number of rotatable bonds is 5. The number of dihydropyridines is 1. The number of esters is 1. The van der Waals surface area contributed by atoms with Crippen molar-refractivity contribution in [3.8, 4) is 5.75 Å². The summed E-state index contributed by atoms with van der Waals surface area (Å²) in [4.78, 5) is 26.4. The highest BCUT2D eigenvalue weighted by atomic mass is 35.5. The van der Waals surface area contributed by atoms with E-state index in [0.29, 0.717) is 56.1 Å². The van der Waals surface area contributed by atoms with Gasteiger partial charge in [-0.25, -0.2) is 4.79 Å². The van der Waals surface area contributed by atoms with Gasteiger partial charge < -0.3 is 14.8 Å². The smallest absolute Gasteiger partial charge is 0.336 e. The van der Waals surface area contributed by atoms with Gasteiger partial charge in [0, 0.05) is 28.3 Å². The van der Waals surface area contributed by atoms with Gasteiger partial charge in [-0.3, -0.25) is 4.79 Å². The molecule has 1 N–H and O–H groups in total. The molecule has 1 atom stereocenters. The molecule has 1 aliphatic heterocycles. The number of nitrogens with one attached hydrogen (secondary N) is 1. The lowest BCUT2D eigenvalue weighted by molar-refractivity contribution is -0.138. The van der Waals surface area contributed by atoms with Crippen LogP contribution in [0.1, 0.15) is 48.2 Å². The van der Waals surface area contributed by atoms with E-state index in [1.165, 1.54) is 0 Å². The zero-order valence-electron chi connectivity index (χ0n) is 17.3. The van der Waals surface area contributed by atoms with Gasteiger partial charge in [-0.2, -0.15) is 0 Å². The molecule has 1 aliphatic carbocycles. The van der Waals surface area contributed by atoms with Crippen molar-refractivity contribution in [1.29, 1.82) is 0 Å². The van der Waals surface area contributed by atoms with Gasteiger partial charge in [0.2, 0.25) is 0 Å². The summed E-state index contributed by atoms with van der Waals surface area (Å²) in [6.45, 7) is 6.00. The molecule has 0 aromatic heterocycles. The molecule has 5 nitrogen and oxygen atoms in total. The molecular weight excluding hydrogens is 437 g/mol. The summed E-state index contributed by atoms with van der Waals surface area (Å²) in [5, 5.41) is 3.89. The summed E-state index contributed by atoms with van der Waals surface area (Å²) in [5.74, 6) is -0.939. The Balaban J connectivity index is 1.94. The number of ether oxygens (including phenoxy) is 2. The summed E-state index contributed by atoms with van der Waals surface area (Å²) in [7, 11) is 0. The van der Waals surface area contributed by atoms with E-state index >= 15 is 0 Å². The summed E-state index contributed by atoms with van der Waals surface area (Å²) in [6, 6.07) is 10.8. The Bertz CT molecular complexity index is 1140. The average Bonchev–Trinajstić information content (AvgIpc) is 3.02. The van der Waals surface area contributed by atoms with Crippen LogP contribution in [0.3, 0.4) is 0 Å². The first-order chi connectivity index (χ1) is 14.9. The Morgan fingerprint density at radius 3 is 2.32 bits per heavy atom. The van der Waals surface area contributed by atoms with Crippen LogP contribution in [0.4, 0.5) is 0 Å². The molecule has 2 aliphatic rings. The van der Waals surface area contributed by atoms with Gasteiger partial charge in [-0.15, -0.1) is 0 Å². The van der Waals surface area contributed by atoms with Crippen LogP contribution in [0.25, 0.3) is 5.70 Å². The predicted molar refractivity (Wildman–Crippen MR) is 121 cm³/mol. The molecule has 0 bridgehead atoms. The third-order valence-electron chi connectivity index (χ3n) is 5.39. The van der Waals surface area contributed by atoms with Gasteiger partial charge in [0.05, 0.1) is 34.5 Å². The largest absolute Gasteiger partial charge is 0.491 e. The molecule has 2 aromatic carbocycles. The Morgan fingerprint density at radius 1 is 1.06 bits per heavy atom. The third-order valence-corrected chi connectivity index (χ3v) is 5.95. The first kappa shape index (κ1) is 21.5. The molecule has 1 heterocycles. The zero-order valence-corrected chi connectivity index (χ0v) is 18.9. The van der Waals surface area contributed by atoms with Gasteiger partial charge in [0.1, 0.15) is 0 Å². The van der Waals surface area contributed by atoms with E-state index in [1.54, 1.807) is 32.0 Å². The zero-order chi connectivity index (χ0) is 22.3. The van der Waals surface area contributed by atoms with Crippen molar-refractivity contribution in [2.75, 3.05) is 13.2 Å². The second kappa shape index (κ2) is 8.40. The first-order valence-electron chi connectivity index (χ1n) is 10.0. The Labute approximate surface area is 190 Å². The highest BCUT2D eigenvalue weighted by Crippen LogP contribution is 2.48. The summed E-state index contributed by atoms with van der Waals surface area (Å²) >= 11 is 12.9. The number of ketones is 1. The molecule has 0 saturated carbocycles. The molecule has 160 valence electrons. The molecule has 0 spiro atoms. The molecular formula is C24H21Cl2NO4. The minimum absolute atomic E-state index is 0.140. The van der Waals surface area contributed by atoms with Crippen molar-refractivity contribution in [3.63, 3.8) is 0 Å². The normalized spacial score (nSPS) is 17.3. The molecule has 0 unspecified atom stereocenters. The third kappa shape index (κ3) is 3.52. The fourth-order valence-electron chi connectivity index (χ4n) is 4.17. The Kier molecular flexibility index (Phi) is 5.82. The second-order valence-electron chi connectivity index (χ2n) is 7.23. The highest BCUT2D eigenvalue weighted by Gasteiger charge is 2.43. The summed E-state index contributed by atoms with van der Waals surface area (Å²) in [5.41, 5.74) is 4.16. The molecule has 4 rings (SSSR count). The molecule has 0 saturated heterocycles. The van der Waals surface area contributed by atoms with E-state index in [9.17, 15) is 9.59 Å². The quantitative estimate of drug-likeness (QED) is 0.598. The number of allylic oxidation sites excluding steroid dienone is 2. The van der Waals surface area contributed by atoms with Crippen LogP contribution in [0.15, 0.2) is 53.2 Å². The van der Waals surface area contributed by atoms with Crippen LogP contribution < -0.4 is 10.1 Å². The topological polar surface area (TPSA) is 64.6 Å². The van der Waals surface area contributed by atoms with Crippen molar-refractivity contribution in [1.82, 2.24) is 5.32 Å². The maximum absolute atomic E-state index is 13.4. The lowest BCUT2D eigenvalue weighted by atomic mass is 9.80. The molecule has 0 amide bonds. The Hall–Kier alpha value is -2.76. The van der Waals surface area contributed by atoms with Crippen molar-refractivity contribution in [3.05, 3.63) is 80.0 Å². The van der Waals surface area contributed by atoms with Gasteiger partial charge in [0.25, 0.3) is 0 Å². The molecule has 31 heavy (non-hydrogen) atoms. The molecule has 2 aromatic rings. The monoisotopic (exact) mass is 457 g/mol. The number of benzene rings is 2. The fraction of sp³-hybridized carbons (Fsp3) is 0.250. The minimum Gasteiger partial charge on any atom is -0.491 e. The van der Waals surface area contributed by atoms with Gasteiger partial charge in [-0.1, -0.05) is 47.5 Å². The van der Waals surface area contributed by atoms with Crippen LogP contribution in [-0.4, -0.2) is 25.0 Å². The number of halogens is 2. The van der Waals surface area contributed by atoms with Crippen molar-refractivity contribution in [2.45, 2.75) is 26.7 Å². The van der Waals surface area contributed by atoms with Crippen molar-refractivity contribution < 1.29 is 19.1 Å². The minimum atomic E-state index is -0.680. The van der Waals surface area contributed by atoms with Crippen LogP contribution in [-0.2, 0) is 9.53 Å². The van der Waals surface area contributed by atoms with Gasteiger partial charge in [-0.05, 0) is 38.5 Å². The highest BCUT2D eigenvalue weighted by molar-refractivity contribution is 6.37. The number of Topliss-reactive ketones (excluding diaryl/α,β-unsaturated/α-hetero) is 1. The van der Waals surface area contributed by atoms with E-state index in [4.69, 9.17) is 32.7 Å². The molecule has 0 radical (unpaired) electrons. The molecule has 0 fully saturated rings. The maximum atomic E-state index is 13.4. The van der Waals surface area contributed by atoms with Crippen molar-refractivity contribution in [2.24, 2.45) is 0 Å². The molecule has 7 heteroatoms. The number of carbonyl (C=O) groups is 2. The summed E-state index contributed by atoms with van der Waals surface area (Å²) < 4.78 is 10.9. The van der Waals surface area contributed by atoms with E-state index in [1.807, 2.05) is 25.1 Å². The van der Waals surface area contributed by atoms with Gasteiger partial charge in [0.15, 0.2) is 11.5 Å². The number of fused-ring (bicyclic) bond motifs is 2. The number of hydrogen-bond donors (Lipinski definition) is 1. The van der Waals surface area contributed by atoms with Gasteiger partial charge >= 0.3 is 5.97 Å². The second-order valence-corrected chi connectivity index (χ2v) is 8.04. The SMILES string of the molecule is CCOC(=O)C1=C(C)NC2=C(C(=O)c3ccccc32)[C@H]1c1cc(Cl)c(OCC)c(Cl)c1. The Morgan fingerprint density at radius 2 is 1.71 bits per heavy atom. The van der Waals surface area contributed by atoms with Crippen molar-refractivity contribution >= 4 is 40.7 Å². The van der Waals surface area contributed by atoms with Crippen LogP contribution in [0, 0.1) is 0 Å². The lowest BCUT2D eigenvalue weighted by Gasteiger charge is -2.29. The summed E-state index contributed by atoms with van der Waals surface area (Å²) in [6.07, 6.45) is 0. The number of carbonyl (C=O) groups excluding carboxylic acids is 2. The van der Waals surface area contributed by atoms with Crippen LogP contribution in [0.5, 0.6) is 5.75 Å². The van der Waals surface area contributed by atoms with Crippen LogP contribution >= 0.6 is 23.2 Å². The fourth-order valence-corrected chi connectivity index (χ4v) is 4.78. The van der Waals surface area contributed by atoms with E-state index < -0.39 is 11.9 Å². The van der Waals surface area contributed by atoms with E-state index in [-0.39, 0.29) is 12.4 Å². The number of hydrogen-bond acceptors (Lipinski definition) is 5. The lowest BCUT2D eigenvalue weighted by Crippen LogP contribution is -2.29. The standard InChI is InChI=1S/C24H21Cl2NO4/c1-4-30-23-16(25)10-13(11-17(23)26)19-18(24(29)31-5-2)12(3)27-21-14-8-6-7-9-15(14)22(28)20(19)21/h6-11,19,27H,4-5H2,1-3H3/t19-/m0/s1. The first-order valence-corrected chi connectivity index (χ1v) is 10.8. The van der Waals surface area contributed by atoms with Crippen LogP contribution in [0.2, 0.25) is 10.0 Å².